The minimum Gasteiger partial charge on any atom is -0.350 e. The van der Waals surface area contributed by atoms with E-state index in [2.05, 4.69) is 34.0 Å². The van der Waals surface area contributed by atoms with E-state index in [1.165, 1.54) is 12.1 Å². The van der Waals surface area contributed by atoms with Crippen molar-refractivity contribution in [3.8, 4) is 11.4 Å². The number of piperazine rings is 1. The van der Waals surface area contributed by atoms with Crippen molar-refractivity contribution >= 4 is 11.5 Å². The molecule has 0 saturated carbocycles. The molecule has 2 aromatic heterocycles. The van der Waals surface area contributed by atoms with Crippen molar-refractivity contribution < 1.29 is 4.39 Å². The van der Waals surface area contributed by atoms with Crippen LogP contribution in [-0.2, 0) is 0 Å². The zero-order valence-electron chi connectivity index (χ0n) is 13.7. The highest BCUT2D eigenvalue weighted by Gasteiger charge is 2.23. The molecular formula is C17H19FN6. The Bertz CT molecular complexity index is 876. The highest BCUT2D eigenvalue weighted by atomic mass is 19.1. The number of benzene rings is 1. The maximum Gasteiger partial charge on any atom is 0.185 e. The van der Waals surface area contributed by atoms with Crippen LogP contribution in [0.15, 0.2) is 36.4 Å². The van der Waals surface area contributed by atoms with Crippen molar-refractivity contribution in [1.82, 2.24) is 24.7 Å². The van der Waals surface area contributed by atoms with E-state index in [9.17, 15) is 4.39 Å². The second-order valence-corrected chi connectivity index (χ2v) is 6.30. The summed E-state index contributed by atoms with van der Waals surface area (Å²) in [7, 11) is 2.13. The summed E-state index contributed by atoms with van der Waals surface area (Å²) in [5, 5.41) is 13.0. The maximum atomic E-state index is 13.5. The number of rotatable bonds is 2. The van der Waals surface area contributed by atoms with Crippen molar-refractivity contribution in [2.45, 2.75) is 13.0 Å². The van der Waals surface area contributed by atoms with Gasteiger partial charge in [-0.05, 0) is 38.2 Å². The normalized spacial score (nSPS) is 19.1. The topological polar surface area (TPSA) is 49.6 Å². The molecule has 1 saturated heterocycles. The quantitative estimate of drug-likeness (QED) is 0.721. The molecule has 0 amide bonds. The second kappa shape index (κ2) is 5.83. The average Bonchev–Trinajstić information content (AvgIpc) is 2.98. The summed E-state index contributed by atoms with van der Waals surface area (Å²) in [6.07, 6.45) is 0. The van der Waals surface area contributed by atoms with Gasteiger partial charge in [-0.1, -0.05) is 12.1 Å². The molecule has 1 aromatic carbocycles. The number of likely N-dealkylation sites (N-methyl/N-ethyl adjacent to an activating group) is 1. The lowest BCUT2D eigenvalue weighted by Gasteiger charge is -2.38. The summed E-state index contributed by atoms with van der Waals surface area (Å²) < 4.78 is 15.2. The van der Waals surface area contributed by atoms with Crippen LogP contribution in [0.4, 0.5) is 10.2 Å². The molecule has 4 rings (SSSR count). The molecule has 124 valence electrons. The Morgan fingerprint density at radius 1 is 1.12 bits per heavy atom. The Kier molecular flexibility index (Phi) is 3.65. The number of halogens is 1. The van der Waals surface area contributed by atoms with Gasteiger partial charge in [0.15, 0.2) is 11.5 Å². The molecule has 0 N–H and O–H groups in total. The van der Waals surface area contributed by atoms with Gasteiger partial charge in [-0.15, -0.1) is 15.3 Å². The van der Waals surface area contributed by atoms with Gasteiger partial charge in [0.2, 0.25) is 0 Å². The first-order valence-electron chi connectivity index (χ1n) is 8.05. The average molecular weight is 326 g/mol. The molecule has 1 aliphatic heterocycles. The summed E-state index contributed by atoms with van der Waals surface area (Å²) in [5.41, 5.74) is 1.32. The lowest BCUT2D eigenvalue weighted by molar-refractivity contribution is 0.274. The molecule has 1 fully saturated rings. The minimum absolute atomic E-state index is 0.298. The van der Waals surface area contributed by atoms with Crippen LogP contribution in [0.3, 0.4) is 0 Å². The molecule has 1 atom stereocenters. The molecule has 7 heteroatoms. The van der Waals surface area contributed by atoms with Crippen LogP contribution < -0.4 is 4.90 Å². The smallest absolute Gasteiger partial charge is 0.185 e. The number of fused-ring (bicyclic) bond motifs is 1. The van der Waals surface area contributed by atoms with Crippen molar-refractivity contribution in [3.63, 3.8) is 0 Å². The van der Waals surface area contributed by atoms with Crippen LogP contribution in [0.1, 0.15) is 6.92 Å². The SMILES string of the molecule is CC1CN(C)CCN1c1ccc2nnc(-c3cccc(F)c3)n2n1. The summed E-state index contributed by atoms with van der Waals surface area (Å²) in [4.78, 5) is 4.60. The van der Waals surface area contributed by atoms with E-state index in [0.29, 0.717) is 23.1 Å². The third-order valence-corrected chi connectivity index (χ3v) is 4.46. The van der Waals surface area contributed by atoms with Gasteiger partial charge >= 0.3 is 0 Å². The molecule has 6 nitrogen and oxygen atoms in total. The van der Waals surface area contributed by atoms with Crippen LogP contribution >= 0.6 is 0 Å². The zero-order valence-corrected chi connectivity index (χ0v) is 13.7. The van der Waals surface area contributed by atoms with E-state index in [1.807, 2.05) is 18.2 Å². The van der Waals surface area contributed by atoms with Gasteiger partial charge < -0.3 is 9.80 Å². The number of nitrogens with zero attached hydrogens (tertiary/aromatic N) is 6. The first-order chi connectivity index (χ1) is 11.6. The molecule has 0 spiro atoms. The summed E-state index contributed by atoms with van der Waals surface area (Å²) >= 11 is 0. The molecule has 0 bridgehead atoms. The van der Waals surface area contributed by atoms with E-state index in [4.69, 9.17) is 5.10 Å². The van der Waals surface area contributed by atoms with Gasteiger partial charge in [0.05, 0.1) is 0 Å². The third-order valence-electron chi connectivity index (χ3n) is 4.46. The Morgan fingerprint density at radius 3 is 2.79 bits per heavy atom. The first kappa shape index (κ1) is 15.0. The molecule has 1 unspecified atom stereocenters. The van der Waals surface area contributed by atoms with Gasteiger partial charge in [-0.3, -0.25) is 0 Å². The van der Waals surface area contributed by atoms with Gasteiger partial charge in [0.25, 0.3) is 0 Å². The number of hydrogen-bond donors (Lipinski definition) is 0. The van der Waals surface area contributed by atoms with Crippen molar-refractivity contribution in [2.24, 2.45) is 0 Å². The molecule has 3 aromatic rings. The summed E-state index contributed by atoms with van der Waals surface area (Å²) in [5.74, 6) is 1.14. The Labute approximate surface area is 139 Å². The highest BCUT2D eigenvalue weighted by Crippen LogP contribution is 2.22. The van der Waals surface area contributed by atoms with Crippen molar-refractivity contribution in [1.29, 1.82) is 0 Å². The molecule has 24 heavy (non-hydrogen) atoms. The Morgan fingerprint density at radius 2 is 2.00 bits per heavy atom. The van der Waals surface area contributed by atoms with Crippen LogP contribution in [0.25, 0.3) is 17.0 Å². The lowest BCUT2D eigenvalue weighted by atomic mass is 10.2. The van der Waals surface area contributed by atoms with Crippen molar-refractivity contribution in [3.05, 3.63) is 42.2 Å². The fourth-order valence-corrected chi connectivity index (χ4v) is 3.22. The summed E-state index contributed by atoms with van der Waals surface area (Å²) in [6.45, 7) is 5.12. The van der Waals surface area contributed by atoms with Crippen LogP contribution in [0.2, 0.25) is 0 Å². The van der Waals surface area contributed by atoms with Gasteiger partial charge in [0.1, 0.15) is 11.6 Å². The van der Waals surface area contributed by atoms with E-state index < -0.39 is 0 Å². The standard InChI is InChI=1S/C17H19FN6/c1-12-11-22(2)8-9-23(12)16-7-6-15-19-20-17(24(15)21-16)13-4-3-5-14(18)10-13/h3-7,10,12H,8-9,11H2,1-2H3. The van der Waals surface area contributed by atoms with Crippen LogP contribution in [0, 0.1) is 5.82 Å². The molecule has 1 aliphatic rings. The molecule has 0 radical (unpaired) electrons. The lowest BCUT2D eigenvalue weighted by Crippen LogP contribution is -2.50. The highest BCUT2D eigenvalue weighted by molar-refractivity contribution is 5.59. The second-order valence-electron chi connectivity index (χ2n) is 6.30. The van der Waals surface area contributed by atoms with E-state index in [0.717, 1.165) is 25.5 Å². The monoisotopic (exact) mass is 326 g/mol. The predicted octanol–water partition coefficient (Wildman–Crippen LogP) is 2.07. The largest absolute Gasteiger partial charge is 0.350 e. The van der Waals surface area contributed by atoms with Gasteiger partial charge in [-0.2, -0.15) is 4.52 Å². The van der Waals surface area contributed by atoms with E-state index >= 15 is 0 Å². The fraction of sp³-hybridized carbons (Fsp3) is 0.353. The van der Waals surface area contributed by atoms with Crippen LogP contribution in [0.5, 0.6) is 0 Å². The Hall–Kier alpha value is -2.54. The van der Waals surface area contributed by atoms with E-state index in [-0.39, 0.29) is 5.82 Å². The minimum atomic E-state index is -0.298. The maximum absolute atomic E-state index is 13.5. The van der Waals surface area contributed by atoms with Gasteiger partial charge in [0, 0.05) is 31.2 Å². The predicted molar refractivity (Wildman–Crippen MR) is 90.5 cm³/mol. The molecule has 3 heterocycles. The molecular weight excluding hydrogens is 307 g/mol. The zero-order chi connectivity index (χ0) is 16.7. The Balaban J connectivity index is 1.76. The van der Waals surface area contributed by atoms with Gasteiger partial charge in [-0.25, -0.2) is 4.39 Å². The number of anilines is 1. The van der Waals surface area contributed by atoms with E-state index in [1.54, 1.807) is 10.6 Å². The number of hydrogen-bond acceptors (Lipinski definition) is 5. The number of aromatic nitrogens is 4. The summed E-state index contributed by atoms with van der Waals surface area (Å²) in [6, 6.07) is 10.6. The van der Waals surface area contributed by atoms with Crippen LogP contribution in [-0.4, -0.2) is 57.4 Å². The third kappa shape index (κ3) is 2.60. The fourth-order valence-electron chi connectivity index (χ4n) is 3.22. The molecule has 0 aliphatic carbocycles. The van der Waals surface area contributed by atoms with Crippen molar-refractivity contribution in [2.75, 3.05) is 31.6 Å². The first-order valence-corrected chi connectivity index (χ1v) is 8.05.